The standard InChI is InChI=1S/C9H8BrN5O2/c1-5(9(16)17)15-8(12-13-14-15)6-2-7(10)4-11-3-6/h2-5H,1H3,(H,16,17). The van der Waals surface area contributed by atoms with Crippen LogP contribution in [0.1, 0.15) is 13.0 Å². The Labute approximate surface area is 105 Å². The summed E-state index contributed by atoms with van der Waals surface area (Å²) in [4.78, 5) is 14.9. The van der Waals surface area contributed by atoms with Crippen molar-refractivity contribution in [1.82, 2.24) is 25.2 Å². The van der Waals surface area contributed by atoms with Gasteiger partial charge >= 0.3 is 5.97 Å². The average Bonchev–Trinajstić information content (AvgIpc) is 2.76. The smallest absolute Gasteiger partial charge is 0.328 e. The van der Waals surface area contributed by atoms with Crippen LogP contribution >= 0.6 is 15.9 Å². The Hall–Kier alpha value is -1.83. The first-order valence-corrected chi connectivity index (χ1v) is 5.50. The first-order valence-electron chi connectivity index (χ1n) is 4.71. The van der Waals surface area contributed by atoms with Crippen LogP contribution in [0.3, 0.4) is 0 Å². The molecule has 17 heavy (non-hydrogen) atoms. The third-order valence-electron chi connectivity index (χ3n) is 2.18. The predicted molar refractivity (Wildman–Crippen MR) is 61.1 cm³/mol. The van der Waals surface area contributed by atoms with Crippen LogP contribution < -0.4 is 0 Å². The van der Waals surface area contributed by atoms with Gasteiger partial charge in [-0.3, -0.25) is 4.98 Å². The van der Waals surface area contributed by atoms with E-state index in [1.807, 2.05) is 0 Å². The van der Waals surface area contributed by atoms with Gasteiger partial charge in [-0.15, -0.1) is 5.10 Å². The van der Waals surface area contributed by atoms with Crippen molar-refractivity contribution in [1.29, 1.82) is 0 Å². The van der Waals surface area contributed by atoms with Gasteiger partial charge in [0.25, 0.3) is 0 Å². The van der Waals surface area contributed by atoms with Gasteiger partial charge in [0.2, 0.25) is 0 Å². The number of aliphatic carboxylic acids is 1. The summed E-state index contributed by atoms with van der Waals surface area (Å²) in [6.45, 7) is 1.51. The van der Waals surface area contributed by atoms with Gasteiger partial charge in [0.05, 0.1) is 0 Å². The molecule has 1 unspecified atom stereocenters. The van der Waals surface area contributed by atoms with Gasteiger partial charge in [-0.05, 0) is 39.3 Å². The lowest BCUT2D eigenvalue weighted by atomic mass is 10.2. The van der Waals surface area contributed by atoms with Gasteiger partial charge in [-0.25, -0.2) is 9.48 Å². The molecule has 0 saturated heterocycles. The molecule has 0 amide bonds. The summed E-state index contributed by atoms with van der Waals surface area (Å²) in [6.07, 6.45) is 3.19. The molecule has 0 spiro atoms. The number of pyridine rings is 1. The Balaban J connectivity index is 2.47. The molecule has 0 fully saturated rings. The molecule has 0 aliphatic rings. The molecule has 0 bridgehead atoms. The Kier molecular flexibility index (Phi) is 3.14. The van der Waals surface area contributed by atoms with Crippen molar-refractivity contribution in [2.24, 2.45) is 0 Å². The maximum absolute atomic E-state index is 10.9. The summed E-state index contributed by atoms with van der Waals surface area (Å²) in [5.41, 5.74) is 0.650. The van der Waals surface area contributed by atoms with Crippen LogP contribution in [0.4, 0.5) is 0 Å². The normalized spacial score (nSPS) is 12.4. The van der Waals surface area contributed by atoms with Crippen molar-refractivity contribution in [3.63, 3.8) is 0 Å². The lowest BCUT2D eigenvalue weighted by molar-refractivity contribution is -0.140. The highest BCUT2D eigenvalue weighted by molar-refractivity contribution is 9.10. The number of rotatable bonds is 3. The minimum Gasteiger partial charge on any atom is -0.480 e. The number of hydrogen-bond acceptors (Lipinski definition) is 5. The quantitative estimate of drug-likeness (QED) is 0.913. The first-order chi connectivity index (χ1) is 8.09. The number of carboxylic acid groups (broad SMARTS) is 1. The first kappa shape index (κ1) is 11.6. The second kappa shape index (κ2) is 4.58. The zero-order valence-corrected chi connectivity index (χ0v) is 10.4. The Morgan fingerprint density at radius 2 is 2.29 bits per heavy atom. The summed E-state index contributed by atoms with van der Waals surface area (Å²) in [7, 11) is 0. The second-order valence-corrected chi connectivity index (χ2v) is 4.27. The molecule has 2 heterocycles. The van der Waals surface area contributed by atoms with Crippen molar-refractivity contribution in [3.05, 3.63) is 22.9 Å². The Bertz CT molecular complexity index is 556. The Morgan fingerprint density at radius 1 is 1.53 bits per heavy atom. The van der Waals surface area contributed by atoms with Gasteiger partial charge in [-0.1, -0.05) is 0 Å². The van der Waals surface area contributed by atoms with E-state index in [4.69, 9.17) is 5.11 Å². The highest BCUT2D eigenvalue weighted by Crippen LogP contribution is 2.21. The third-order valence-corrected chi connectivity index (χ3v) is 2.61. The van der Waals surface area contributed by atoms with E-state index in [1.54, 1.807) is 18.5 Å². The van der Waals surface area contributed by atoms with E-state index in [-0.39, 0.29) is 0 Å². The molecule has 88 valence electrons. The fraction of sp³-hybridized carbons (Fsp3) is 0.222. The molecule has 2 rings (SSSR count). The van der Waals surface area contributed by atoms with E-state index < -0.39 is 12.0 Å². The fourth-order valence-electron chi connectivity index (χ4n) is 1.28. The van der Waals surface area contributed by atoms with E-state index in [1.165, 1.54) is 11.6 Å². The van der Waals surface area contributed by atoms with Crippen LogP contribution in [-0.4, -0.2) is 36.3 Å². The maximum atomic E-state index is 10.9. The van der Waals surface area contributed by atoms with Crippen molar-refractivity contribution in [2.75, 3.05) is 0 Å². The number of halogens is 1. The molecular weight excluding hydrogens is 290 g/mol. The van der Waals surface area contributed by atoms with Gasteiger partial charge in [-0.2, -0.15) is 0 Å². The molecule has 2 aromatic heterocycles. The summed E-state index contributed by atoms with van der Waals surface area (Å²) in [5, 5.41) is 19.9. The summed E-state index contributed by atoms with van der Waals surface area (Å²) in [5.74, 6) is -0.629. The fourth-order valence-corrected chi connectivity index (χ4v) is 1.65. The molecule has 0 aromatic carbocycles. The molecule has 2 aromatic rings. The molecule has 0 aliphatic heterocycles. The van der Waals surface area contributed by atoms with E-state index in [2.05, 4.69) is 36.4 Å². The lowest BCUT2D eigenvalue weighted by Crippen LogP contribution is -2.18. The maximum Gasteiger partial charge on any atom is 0.328 e. The molecule has 8 heteroatoms. The molecule has 0 aliphatic carbocycles. The number of nitrogens with zero attached hydrogens (tertiary/aromatic N) is 5. The number of carboxylic acids is 1. The SMILES string of the molecule is CC(C(=O)O)n1nnnc1-c1cncc(Br)c1. The third kappa shape index (κ3) is 2.31. The monoisotopic (exact) mass is 297 g/mol. The van der Waals surface area contributed by atoms with Gasteiger partial charge in [0.15, 0.2) is 11.9 Å². The van der Waals surface area contributed by atoms with Gasteiger partial charge in [0.1, 0.15) is 0 Å². The molecular formula is C9H8BrN5O2. The molecule has 0 radical (unpaired) electrons. The topological polar surface area (TPSA) is 93.8 Å². The number of carbonyl (C=O) groups is 1. The minimum absolute atomic E-state index is 0.369. The molecule has 7 nitrogen and oxygen atoms in total. The molecule has 0 saturated carbocycles. The van der Waals surface area contributed by atoms with E-state index in [9.17, 15) is 4.79 Å². The minimum atomic E-state index is -0.999. The van der Waals surface area contributed by atoms with Crippen LogP contribution in [-0.2, 0) is 4.79 Å². The lowest BCUT2D eigenvalue weighted by Gasteiger charge is -2.08. The van der Waals surface area contributed by atoms with E-state index in [0.29, 0.717) is 11.4 Å². The molecule has 1 atom stereocenters. The largest absolute Gasteiger partial charge is 0.480 e. The van der Waals surface area contributed by atoms with Crippen LogP contribution in [0.5, 0.6) is 0 Å². The van der Waals surface area contributed by atoms with Crippen LogP contribution in [0.2, 0.25) is 0 Å². The second-order valence-electron chi connectivity index (χ2n) is 3.35. The van der Waals surface area contributed by atoms with Crippen molar-refractivity contribution in [3.8, 4) is 11.4 Å². The van der Waals surface area contributed by atoms with Crippen LogP contribution in [0.25, 0.3) is 11.4 Å². The Morgan fingerprint density at radius 3 is 2.94 bits per heavy atom. The summed E-state index contributed by atoms with van der Waals surface area (Å²) in [6, 6.07) is 0.933. The van der Waals surface area contributed by atoms with Crippen molar-refractivity contribution in [2.45, 2.75) is 13.0 Å². The van der Waals surface area contributed by atoms with E-state index >= 15 is 0 Å². The zero-order chi connectivity index (χ0) is 12.4. The number of tetrazole rings is 1. The van der Waals surface area contributed by atoms with Gasteiger partial charge in [0, 0.05) is 22.4 Å². The van der Waals surface area contributed by atoms with Crippen molar-refractivity contribution >= 4 is 21.9 Å². The van der Waals surface area contributed by atoms with Crippen LogP contribution in [0, 0.1) is 0 Å². The summed E-state index contributed by atoms with van der Waals surface area (Å²) < 4.78 is 2.01. The zero-order valence-electron chi connectivity index (χ0n) is 8.78. The molecule has 1 N–H and O–H groups in total. The van der Waals surface area contributed by atoms with Crippen molar-refractivity contribution < 1.29 is 9.90 Å². The average molecular weight is 298 g/mol. The number of hydrogen-bond donors (Lipinski definition) is 1. The highest BCUT2D eigenvalue weighted by Gasteiger charge is 2.20. The van der Waals surface area contributed by atoms with E-state index in [0.717, 1.165) is 4.47 Å². The highest BCUT2D eigenvalue weighted by atomic mass is 79.9. The number of aromatic nitrogens is 5. The summed E-state index contributed by atoms with van der Waals surface area (Å²) >= 11 is 3.28. The predicted octanol–water partition coefficient (Wildman–Crippen LogP) is 1.14. The van der Waals surface area contributed by atoms with Gasteiger partial charge < -0.3 is 5.11 Å². The van der Waals surface area contributed by atoms with Crippen LogP contribution in [0.15, 0.2) is 22.9 Å².